The molecule has 1 rings (SSSR count). The third-order valence-corrected chi connectivity index (χ3v) is 3.12. The Labute approximate surface area is 131 Å². The molecule has 0 aliphatic carbocycles. The quantitative estimate of drug-likeness (QED) is 0.761. The fraction of sp³-hybridized carbons (Fsp3) is 0.429. The van der Waals surface area contributed by atoms with Crippen LogP contribution in [-0.2, 0) is 6.42 Å². The summed E-state index contributed by atoms with van der Waals surface area (Å²) in [5, 5.41) is 0. The molecule has 3 nitrogen and oxygen atoms in total. The maximum absolute atomic E-state index is 5.83. The van der Waals surface area contributed by atoms with Gasteiger partial charge in [0.1, 0.15) is 6.61 Å². The van der Waals surface area contributed by atoms with Crippen molar-refractivity contribution in [1.82, 2.24) is 0 Å². The van der Waals surface area contributed by atoms with E-state index in [2.05, 4.69) is 38.4 Å². The summed E-state index contributed by atoms with van der Waals surface area (Å²) in [7, 11) is 0. The molecule has 0 spiro atoms. The van der Waals surface area contributed by atoms with E-state index in [1.807, 2.05) is 26.0 Å². The molecule has 0 radical (unpaired) electrons. The lowest BCUT2D eigenvalue weighted by molar-refractivity contribution is 0.294. The second-order valence-corrected chi connectivity index (χ2v) is 6.30. The molecule has 2 N–H and O–H groups in total. The van der Waals surface area contributed by atoms with Crippen molar-refractivity contribution >= 4 is 31.9 Å². The maximum Gasteiger partial charge on any atom is 0.175 e. The summed E-state index contributed by atoms with van der Waals surface area (Å²) in [5.41, 5.74) is 6.95. The highest BCUT2D eigenvalue weighted by Gasteiger charge is 2.13. The minimum Gasteiger partial charge on any atom is -0.490 e. The molecule has 106 valence electrons. The van der Waals surface area contributed by atoms with E-state index in [1.165, 1.54) is 0 Å². The predicted molar refractivity (Wildman–Crippen MR) is 86.2 cm³/mol. The third kappa shape index (κ3) is 5.55. The molecule has 5 heteroatoms. The highest BCUT2D eigenvalue weighted by molar-refractivity contribution is 9.11. The fourth-order valence-corrected chi connectivity index (χ4v) is 2.38. The second kappa shape index (κ2) is 7.92. The first-order chi connectivity index (χ1) is 8.93. The molecule has 1 unspecified atom stereocenters. The van der Waals surface area contributed by atoms with Crippen molar-refractivity contribution in [3.8, 4) is 11.5 Å². The Morgan fingerprint density at radius 3 is 2.63 bits per heavy atom. The number of nitrogens with two attached hydrogens (primary N) is 1. The van der Waals surface area contributed by atoms with Gasteiger partial charge in [0.15, 0.2) is 11.5 Å². The van der Waals surface area contributed by atoms with E-state index < -0.39 is 0 Å². The zero-order chi connectivity index (χ0) is 14.4. The van der Waals surface area contributed by atoms with Crippen molar-refractivity contribution in [2.45, 2.75) is 26.3 Å². The minimum atomic E-state index is 0.107. The van der Waals surface area contributed by atoms with Crippen LogP contribution in [0.25, 0.3) is 0 Å². The number of halogens is 2. The number of ether oxygens (including phenoxy) is 2. The number of rotatable bonds is 7. The van der Waals surface area contributed by atoms with Gasteiger partial charge in [0, 0.05) is 10.5 Å². The Hall–Kier alpha value is -0.520. The Morgan fingerprint density at radius 1 is 1.42 bits per heavy atom. The van der Waals surface area contributed by atoms with Gasteiger partial charge in [-0.05, 0) is 53.9 Å². The van der Waals surface area contributed by atoms with Crippen molar-refractivity contribution in [3.63, 3.8) is 0 Å². The molecule has 0 saturated carbocycles. The minimum absolute atomic E-state index is 0.107. The molecule has 1 atom stereocenters. The van der Waals surface area contributed by atoms with Crippen LogP contribution in [0, 0.1) is 0 Å². The first-order valence-electron chi connectivity index (χ1n) is 6.10. The van der Waals surface area contributed by atoms with Gasteiger partial charge in [-0.15, -0.1) is 0 Å². The zero-order valence-electron chi connectivity index (χ0n) is 11.2. The average molecular weight is 393 g/mol. The molecule has 0 aliphatic rings. The number of hydrogen-bond acceptors (Lipinski definition) is 3. The summed E-state index contributed by atoms with van der Waals surface area (Å²) in [4.78, 5) is 0. The lowest BCUT2D eigenvalue weighted by atomic mass is 10.1. The molecule has 0 fully saturated rings. The van der Waals surface area contributed by atoms with Crippen LogP contribution in [0.5, 0.6) is 11.5 Å². The molecule has 19 heavy (non-hydrogen) atoms. The topological polar surface area (TPSA) is 44.5 Å². The van der Waals surface area contributed by atoms with Gasteiger partial charge in [0.05, 0.1) is 11.1 Å². The summed E-state index contributed by atoms with van der Waals surface area (Å²) >= 11 is 6.79. The number of benzene rings is 1. The first kappa shape index (κ1) is 16.5. The smallest absolute Gasteiger partial charge is 0.175 e. The summed E-state index contributed by atoms with van der Waals surface area (Å²) in [6.45, 7) is 8.65. The van der Waals surface area contributed by atoms with Crippen LogP contribution in [-0.4, -0.2) is 19.3 Å². The Balaban J connectivity index is 3.03. The molecular weight excluding hydrogens is 374 g/mol. The number of hydrogen-bond donors (Lipinski definition) is 1. The van der Waals surface area contributed by atoms with Crippen LogP contribution in [0.4, 0.5) is 0 Å². The molecule has 0 amide bonds. The average Bonchev–Trinajstić information content (AvgIpc) is 2.26. The lowest BCUT2D eigenvalue weighted by Gasteiger charge is -2.16. The van der Waals surface area contributed by atoms with Crippen molar-refractivity contribution in [2.75, 3.05) is 13.2 Å². The van der Waals surface area contributed by atoms with Crippen LogP contribution in [0.3, 0.4) is 0 Å². The van der Waals surface area contributed by atoms with Gasteiger partial charge in [-0.3, -0.25) is 0 Å². The van der Waals surface area contributed by atoms with Gasteiger partial charge in [-0.2, -0.15) is 0 Å². The van der Waals surface area contributed by atoms with Gasteiger partial charge >= 0.3 is 0 Å². The lowest BCUT2D eigenvalue weighted by Crippen LogP contribution is -2.17. The molecule has 0 saturated heterocycles. The highest BCUT2D eigenvalue weighted by Crippen LogP contribution is 2.37. The third-order valence-electron chi connectivity index (χ3n) is 2.30. The Morgan fingerprint density at radius 2 is 2.11 bits per heavy atom. The Kier molecular flexibility index (Phi) is 6.89. The van der Waals surface area contributed by atoms with E-state index in [4.69, 9.17) is 15.2 Å². The summed E-state index contributed by atoms with van der Waals surface area (Å²) in [6.07, 6.45) is 0.796. The van der Waals surface area contributed by atoms with Crippen LogP contribution < -0.4 is 15.2 Å². The first-order valence-corrected chi connectivity index (χ1v) is 7.69. The van der Waals surface area contributed by atoms with Crippen molar-refractivity contribution < 1.29 is 9.47 Å². The SMILES string of the molecule is C=C(Br)COc1c(Br)cc(CC(C)N)cc1OCC. The van der Waals surface area contributed by atoms with Gasteiger partial charge in [-0.1, -0.05) is 22.5 Å². The molecule has 0 aliphatic heterocycles. The van der Waals surface area contributed by atoms with Gasteiger partial charge in [0.2, 0.25) is 0 Å². The van der Waals surface area contributed by atoms with Crippen LogP contribution in [0.2, 0.25) is 0 Å². The maximum atomic E-state index is 5.83. The van der Waals surface area contributed by atoms with Crippen LogP contribution in [0.15, 0.2) is 27.7 Å². The summed E-state index contributed by atoms with van der Waals surface area (Å²) in [6, 6.07) is 4.10. The fourth-order valence-electron chi connectivity index (χ4n) is 1.66. The predicted octanol–water partition coefficient (Wildman–Crippen LogP) is 4.02. The van der Waals surface area contributed by atoms with Crippen LogP contribution in [0.1, 0.15) is 19.4 Å². The molecular formula is C14H19Br2NO2. The zero-order valence-corrected chi connectivity index (χ0v) is 14.4. The monoisotopic (exact) mass is 391 g/mol. The van der Waals surface area contributed by atoms with E-state index in [0.717, 1.165) is 26.7 Å². The van der Waals surface area contributed by atoms with Gasteiger partial charge in [0.25, 0.3) is 0 Å². The highest BCUT2D eigenvalue weighted by atomic mass is 79.9. The van der Waals surface area contributed by atoms with E-state index in [9.17, 15) is 0 Å². The van der Waals surface area contributed by atoms with Crippen LogP contribution >= 0.6 is 31.9 Å². The summed E-state index contributed by atoms with van der Waals surface area (Å²) < 4.78 is 13.0. The Bertz CT molecular complexity index is 447. The van der Waals surface area contributed by atoms with E-state index >= 15 is 0 Å². The normalized spacial score (nSPS) is 12.1. The van der Waals surface area contributed by atoms with E-state index in [-0.39, 0.29) is 6.04 Å². The van der Waals surface area contributed by atoms with Crippen molar-refractivity contribution in [3.05, 3.63) is 33.2 Å². The van der Waals surface area contributed by atoms with Gasteiger partial charge in [-0.25, -0.2) is 0 Å². The molecule has 0 aromatic heterocycles. The van der Waals surface area contributed by atoms with E-state index in [0.29, 0.717) is 19.0 Å². The largest absolute Gasteiger partial charge is 0.490 e. The van der Waals surface area contributed by atoms with Crippen molar-refractivity contribution in [2.24, 2.45) is 5.73 Å². The van der Waals surface area contributed by atoms with Crippen molar-refractivity contribution in [1.29, 1.82) is 0 Å². The summed E-state index contributed by atoms with van der Waals surface area (Å²) in [5.74, 6) is 1.41. The molecule has 0 heterocycles. The standard InChI is InChI=1S/C14H19Br2NO2/c1-4-18-13-7-11(5-10(3)17)6-12(16)14(13)19-8-9(2)15/h6-7,10H,2,4-5,8,17H2,1,3H3. The van der Waals surface area contributed by atoms with Gasteiger partial charge < -0.3 is 15.2 Å². The van der Waals surface area contributed by atoms with E-state index in [1.54, 1.807) is 0 Å². The second-order valence-electron chi connectivity index (χ2n) is 4.33. The molecule has 0 bridgehead atoms. The molecule has 1 aromatic carbocycles. The molecule has 1 aromatic rings.